The van der Waals surface area contributed by atoms with E-state index in [-0.39, 0.29) is 5.69 Å². The number of anilines is 2. The monoisotopic (exact) mass is 343 g/mol. The number of para-hydroxylation sites is 1. The second kappa shape index (κ2) is 7.41. The van der Waals surface area contributed by atoms with Crippen molar-refractivity contribution in [2.24, 2.45) is 0 Å². The topological polar surface area (TPSA) is 81.9 Å². The van der Waals surface area contributed by atoms with Crippen LogP contribution in [-0.4, -0.2) is 16.8 Å². The SMILES string of the molecule is CCOc1ccc(-c2csc(Nc3ccccc3)n2)cc1[NH+]([O-])O. The number of hydrogen-bond acceptors (Lipinski definition) is 6. The van der Waals surface area contributed by atoms with Crippen LogP contribution < -0.4 is 15.3 Å². The number of benzene rings is 2. The number of thiazole rings is 1. The maximum atomic E-state index is 11.4. The predicted molar refractivity (Wildman–Crippen MR) is 94.2 cm³/mol. The van der Waals surface area contributed by atoms with Crippen LogP contribution in [0.3, 0.4) is 0 Å². The van der Waals surface area contributed by atoms with Gasteiger partial charge in [0.05, 0.1) is 12.3 Å². The van der Waals surface area contributed by atoms with Crippen molar-refractivity contribution in [1.29, 1.82) is 0 Å². The lowest BCUT2D eigenvalue weighted by Crippen LogP contribution is -2.99. The minimum Gasteiger partial charge on any atom is -0.595 e. The highest BCUT2D eigenvalue weighted by Gasteiger charge is 2.14. The zero-order valence-electron chi connectivity index (χ0n) is 13.0. The van der Waals surface area contributed by atoms with E-state index >= 15 is 0 Å². The van der Waals surface area contributed by atoms with Gasteiger partial charge in [0, 0.05) is 22.7 Å². The fraction of sp³-hybridized carbons (Fsp3) is 0.118. The molecule has 0 saturated carbocycles. The predicted octanol–water partition coefficient (Wildman–Crippen LogP) is 3.36. The van der Waals surface area contributed by atoms with E-state index in [9.17, 15) is 10.4 Å². The van der Waals surface area contributed by atoms with Gasteiger partial charge >= 0.3 is 0 Å². The summed E-state index contributed by atoms with van der Waals surface area (Å²) in [5, 5.41) is 25.6. The summed E-state index contributed by atoms with van der Waals surface area (Å²) in [4.78, 5) is 4.53. The molecule has 0 radical (unpaired) electrons. The number of nitrogens with one attached hydrogen (secondary N) is 2. The average molecular weight is 343 g/mol. The summed E-state index contributed by atoms with van der Waals surface area (Å²) in [6.07, 6.45) is 0. The number of quaternary nitrogens is 1. The zero-order chi connectivity index (χ0) is 16.9. The fourth-order valence-corrected chi connectivity index (χ4v) is 2.99. The van der Waals surface area contributed by atoms with Crippen molar-refractivity contribution in [1.82, 2.24) is 4.98 Å². The molecule has 0 aliphatic rings. The smallest absolute Gasteiger partial charge is 0.206 e. The molecule has 0 bridgehead atoms. The van der Waals surface area contributed by atoms with Gasteiger partial charge in [-0.25, -0.2) is 10.2 Å². The number of hydrogen-bond donors (Lipinski definition) is 3. The van der Waals surface area contributed by atoms with Gasteiger partial charge in [-0.3, -0.25) is 0 Å². The molecule has 0 aliphatic heterocycles. The number of rotatable bonds is 6. The van der Waals surface area contributed by atoms with E-state index in [1.807, 2.05) is 48.7 Å². The highest BCUT2D eigenvalue weighted by atomic mass is 32.1. The molecule has 0 saturated heterocycles. The Balaban J connectivity index is 1.85. The number of nitrogens with zero attached hydrogens (tertiary/aromatic N) is 1. The molecule has 1 unspecified atom stereocenters. The molecule has 7 heteroatoms. The summed E-state index contributed by atoms with van der Waals surface area (Å²) in [7, 11) is 0. The lowest BCUT2D eigenvalue weighted by molar-refractivity contribution is -0.991. The third kappa shape index (κ3) is 3.72. The third-order valence-electron chi connectivity index (χ3n) is 3.33. The van der Waals surface area contributed by atoms with Crippen LogP contribution in [0, 0.1) is 5.21 Å². The quantitative estimate of drug-likeness (QED) is 0.598. The first-order valence-electron chi connectivity index (χ1n) is 7.45. The molecule has 124 valence electrons. The van der Waals surface area contributed by atoms with Crippen molar-refractivity contribution >= 4 is 27.8 Å². The molecule has 1 heterocycles. The third-order valence-corrected chi connectivity index (χ3v) is 4.09. The van der Waals surface area contributed by atoms with E-state index in [0.29, 0.717) is 12.4 Å². The zero-order valence-corrected chi connectivity index (χ0v) is 13.8. The van der Waals surface area contributed by atoms with Crippen LogP contribution in [-0.2, 0) is 0 Å². The molecule has 1 atom stereocenters. The lowest BCUT2D eigenvalue weighted by atomic mass is 10.1. The molecule has 24 heavy (non-hydrogen) atoms. The van der Waals surface area contributed by atoms with E-state index in [2.05, 4.69) is 10.3 Å². The summed E-state index contributed by atoms with van der Waals surface area (Å²) in [5.74, 6) is 0.367. The summed E-state index contributed by atoms with van der Waals surface area (Å²) in [6, 6.07) is 14.8. The molecule has 0 aliphatic carbocycles. The van der Waals surface area contributed by atoms with Gasteiger partial charge in [0.15, 0.2) is 10.9 Å². The Morgan fingerprint density at radius 1 is 1.25 bits per heavy atom. The van der Waals surface area contributed by atoms with Crippen LogP contribution in [0.2, 0.25) is 0 Å². The van der Waals surface area contributed by atoms with Gasteiger partial charge < -0.3 is 15.3 Å². The van der Waals surface area contributed by atoms with Crippen LogP contribution in [0.4, 0.5) is 16.5 Å². The molecule has 3 aromatic rings. The van der Waals surface area contributed by atoms with Crippen LogP contribution >= 0.6 is 11.3 Å². The highest BCUT2D eigenvalue weighted by molar-refractivity contribution is 7.14. The highest BCUT2D eigenvalue weighted by Crippen LogP contribution is 2.31. The second-order valence-electron chi connectivity index (χ2n) is 4.98. The molecular weight excluding hydrogens is 326 g/mol. The normalized spacial score (nSPS) is 12.0. The standard InChI is InChI=1S/C17H17N3O3S/c1-2-23-16-9-8-12(10-15(16)20(21)22)14-11-24-17(19-14)18-13-6-4-3-5-7-13/h3-11,20-21H,2H2,1H3,(H,18,19). The molecular formula is C17H17N3O3S. The Bertz CT molecular complexity index is 806. The van der Waals surface area contributed by atoms with Crippen molar-refractivity contribution in [2.75, 3.05) is 11.9 Å². The lowest BCUT2D eigenvalue weighted by Gasteiger charge is -2.16. The molecule has 0 fully saturated rings. The van der Waals surface area contributed by atoms with Gasteiger partial charge in [-0.1, -0.05) is 18.2 Å². The Hall–Kier alpha value is -2.45. The van der Waals surface area contributed by atoms with Crippen molar-refractivity contribution in [2.45, 2.75) is 6.92 Å². The fourth-order valence-electron chi connectivity index (χ4n) is 2.25. The van der Waals surface area contributed by atoms with Gasteiger partial charge in [-0.05, 0) is 31.2 Å². The molecule has 6 nitrogen and oxygen atoms in total. The minimum atomic E-state index is -1.02. The maximum absolute atomic E-state index is 11.4. The Labute approximate surface area is 143 Å². The molecule has 0 spiro atoms. The van der Waals surface area contributed by atoms with Crippen molar-refractivity contribution in [3.8, 4) is 17.0 Å². The number of ether oxygens (including phenoxy) is 1. The van der Waals surface area contributed by atoms with Gasteiger partial charge in [0.1, 0.15) is 0 Å². The van der Waals surface area contributed by atoms with E-state index < -0.39 is 5.23 Å². The van der Waals surface area contributed by atoms with Crippen molar-refractivity contribution in [3.05, 3.63) is 59.1 Å². The molecule has 0 amide bonds. The largest absolute Gasteiger partial charge is 0.595 e. The minimum absolute atomic E-state index is 0.139. The molecule has 3 rings (SSSR count). The van der Waals surface area contributed by atoms with Gasteiger partial charge in [0.25, 0.3) is 0 Å². The maximum Gasteiger partial charge on any atom is 0.206 e. The first kappa shape index (κ1) is 16.4. The Morgan fingerprint density at radius 2 is 2.04 bits per heavy atom. The van der Waals surface area contributed by atoms with Crippen LogP contribution in [0.1, 0.15) is 6.92 Å². The van der Waals surface area contributed by atoms with Crippen molar-refractivity contribution < 1.29 is 15.2 Å². The van der Waals surface area contributed by atoms with E-state index in [4.69, 9.17) is 4.74 Å². The summed E-state index contributed by atoms with van der Waals surface area (Å²) < 4.78 is 5.36. The average Bonchev–Trinajstić information content (AvgIpc) is 3.04. The number of aromatic nitrogens is 1. The Kier molecular flexibility index (Phi) is 5.07. The van der Waals surface area contributed by atoms with Gasteiger partial charge in [-0.15, -0.1) is 11.3 Å². The molecule has 3 N–H and O–H groups in total. The second-order valence-corrected chi connectivity index (χ2v) is 5.84. The molecule has 2 aromatic carbocycles. The Morgan fingerprint density at radius 3 is 2.75 bits per heavy atom. The van der Waals surface area contributed by atoms with E-state index in [1.54, 1.807) is 12.1 Å². The van der Waals surface area contributed by atoms with E-state index in [1.165, 1.54) is 11.3 Å². The molecule has 1 aromatic heterocycles. The van der Waals surface area contributed by atoms with Crippen LogP contribution in [0.5, 0.6) is 5.75 Å². The van der Waals surface area contributed by atoms with Crippen molar-refractivity contribution in [3.63, 3.8) is 0 Å². The first-order valence-corrected chi connectivity index (χ1v) is 8.33. The van der Waals surface area contributed by atoms with Gasteiger partial charge in [-0.2, -0.15) is 5.23 Å². The summed E-state index contributed by atoms with van der Waals surface area (Å²) in [5.41, 5.74) is 2.56. The first-order chi connectivity index (χ1) is 11.7. The van der Waals surface area contributed by atoms with Crippen LogP contribution in [0.25, 0.3) is 11.3 Å². The van der Waals surface area contributed by atoms with E-state index in [0.717, 1.165) is 22.1 Å². The van der Waals surface area contributed by atoms with Gasteiger partial charge in [0.2, 0.25) is 5.69 Å². The summed E-state index contributed by atoms with van der Waals surface area (Å²) in [6.45, 7) is 2.24. The van der Waals surface area contributed by atoms with Crippen LogP contribution in [0.15, 0.2) is 53.9 Å². The summed E-state index contributed by atoms with van der Waals surface area (Å²) >= 11 is 1.47.